The van der Waals surface area contributed by atoms with Crippen LogP contribution in [0.4, 0.5) is 24.5 Å². The van der Waals surface area contributed by atoms with Gasteiger partial charge in [-0.25, -0.2) is 0 Å². The Morgan fingerprint density at radius 2 is 2.00 bits per heavy atom. The topological polar surface area (TPSA) is 81.2 Å². The van der Waals surface area contributed by atoms with Crippen molar-refractivity contribution < 1.29 is 18.1 Å². The van der Waals surface area contributed by atoms with Crippen LogP contribution in [0.25, 0.3) is 0 Å². The van der Waals surface area contributed by atoms with E-state index >= 15 is 0 Å². The molecule has 0 amide bonds. The molecular formula is C11H14F3N3O2. The normalized spacial score (nSPS) is 11.4. The minimum absolute atomic E-state index is 0.0787. The summed E-state index contributed by atoms with van der Waals surface area (Å²) in [4.78, 5) is 9.94. The lowest BCUT2D eigenvalue weighted by atomic mass is 10.1. The van der Waals surface area contributed by atoms with Gasteiger partial charge in [-0.15, -0.1) is 0 Å². The molecule has 0 aliphatic carbocycles. The molecule has 0 atom stereocenters. The number of anilines is 1. The predicted octanol–water partition coefficient (Wildman–Crippen LogP) is 2.76. The summed E-state index contributed by atoms with van der Waals surface area (Å²) in [6.45, 7) is 0.917. The maximum atomic E-state index is 12.5. The molecule has 19 heavy (non-hydrogen) atoms. The highest BCUT2D eigenvalue weighted by molar-refractivity contribution is 5.62. The van der Waals surface area contributed by atoms with E-state index < -0.39 is 22.4 Å². The molecule has 8 heteroatoms. The van der Waals surface area contributed by atoms with Crippen molar-refractivity contribution in [3.8, 4) is 0 Å². The van der Waals surface area contributed by atoms with Crippen molar-refractivity contribution in [1.29, 1.82) is 0 Å². The van der Waals surface area contributed by atoms with Crippen LogP contribution in [0.2, 0.25) is 0 Å². The Kier molecular flexibility index (Phi) is 5.11. The van der Waals surface area contributed by atoms with Crippen molar-refractivity contribution in [2.75, 3.05) is 18.4 Å². The van der Waals surface area contributed by atoms with Crippen LogP contribution < -0.4 is 11.1 Å². The fourth-order valence-electron chi connectivity index (χ4n) is 1.50. The molecule has 0 saturated heterocycles. The predicted molar refractivity (Wildman–Crippen MR) is 64.9 cm³/mol. The molecule has 0 bridgehead atoms. The van der Waals surface area contributed by atoms with Crippen LogP contribution in [0.15, 0.2) is 18.2 Å². The Hall–Kier alpha value is -1.83. The third-order valence-corrected chi connectivity index (χ3v) is 2.47. The summed E-state index contributed by atoms with van der Waals surface area (Å²) in [6.07, 6.45) is -3.17. The van der Waals surface area contributed by atoms with Gasteiger partial charge in [0.1, 0.15) is 5.69 Å². The molecule has 0 aliphatic rings. The minimum atomic E-state index is -4.59. The maximum absolute atomic E-state index is 12.5. The zero-order valence-corrected chi connectivity index (χ0v) is 10.0. The SMILES string of the molecule is NCCCCNc1ccc(C(F)(F)F)cc1[N+](=O)[O-]. The number of alkyl halides is 3. The number of rotatable bonds is 6. The number of halogens is 3. The Labute approximate surface area is 107 Å². The number of hydrogen-bond acceptors (Lipinski definition) is 4. The summed E-state index contributed by atoms with van der Waals surface area (Å²) in [6, 6.07) is 2.42. The smallest absolute Gasteiger partial charge is 0.379 e. The van der Waals surface area contributed by atoms with E-state index in [9.17, 15) is 23.3 Å². The van der Waals surface area contributed by atoms with E-state index in [0.29, 0.717) is 25.6 Å². The highest BCUT2D eigenvalue weighted by Crippen LogP contribution is 2.34. The van der Waals surface area contributed by atoms with Gasteiger partial charge >= 0.3 is 6.18 Å². The third-order valence-electron chi connectivity index (χ3n) is 2.47. The molecule has 1 aromatic carbocycles. The first-order valence-electron chi connectivity index (χ1n) is 5.66. The summed E-state index contributed by atoms with van der Waals surface area (Å²) >= 11 is 0. The van der Waals surface area contributed by atoms with Gasteiger partial charge in [-0.3, -0.25) is 10.1 Å². The summed E-state index contributed by atoms with van der Waals surface area (Å²) in [5.74, 6) is 0. The molecule has 0 saturated carbocycles. The van der Waals surface area contributed by atoms with Crippen molar-refractivity contribution in [3.63, 3.8) is 0 Å². The van der Waals surface area contributed by atoms with E-state index in [2.05, 4.69) is 5.32 Å². The van der Waals surface area contributed by atoms with Crippen LogP contribution in [-0.4, -0.2) is 18.0 Å². The van der Waals surface area contributed by atoms with Gasteiger partial charge in [0.2, 0.25) is 0 Å². The molecule has 0 heterocycles. The summed E-state index contributed by atoms with van der Waals surface area (Å²) < 4.78 is 37.4. The number of nitro groups is 1. The molecule has 1 aromatic rings. The van der Waals surface area contributed by atoms with E-state index in [-0.39, 0.29) is 5.69 Å². The van der Waals surface area contributed by atoms with Crippen molar-refractivity contribution in [2.45, 2.75) is 19.0 Å². The molecule has 0 fully saturated rings. The number of nitro benzene ring substituents is 1. The van der Waals surface area contributed by atoms with E-state index in [1.807, 2.05) is 0 Å². The lowest BCUT2D eigenvalue weighted by molar-refractivity contribution is -0.384. The molecule has 0 unspecified atom stereocenters. The second-order valence-corrected chi connectivity index (χ2v) is 3.91. The maximum Gasteiger partial charge on any atom is 0.416 e. The Balaban J connectivity index is 2.90. The molecule has 0 spiro atoms. The summed E-state index contributed by atoms with van der Waals surface area (Å²) in [5, 5.41) is 13.5. The number of hydrogen-bond donors (Lipinski definition) is 2. The largest absolute Gasteiger partial charge is 0.416 e. The van der Waals surface area contributed by atoms with E-state index in [1.54, 1.807) is 0 Å². The fourth-order valence-corrected chi connectivity index (χ4v) is 1.50. The highest BCUT2D eigenvalue weighted by Gasteiger charge is 2.32. The summed E-state index contributed by atoms with van der Waals surface area (Å²) in [7, 11) is 0. The van der Waals surface area contributed by atoms with Gasteiger partial charge in [-0.05, 0) is 31.5 Å². The van der Waals surface area contributed by atoms with Crippen molar-refractivity contribution >= 4 is 11.4 Å². The molecule has 0 aliphatic heterocycles. The van der Waals surface area contributed by atoms with Crippen LogP contribution in [0.5, 0.6) is 0 Å². The molecule has 106 valence electrons. The number of nitrogens with two attached hydrogens (primary N) is 1. The van der Waals surface area contributed by atoms with Gasteiger partial charge < -0.3 is 11.1 Å². The molecule has 5 nitrogen and oxygen atoms in total. The monoisotopic (exact) mass is 277 g/mol. The summed E-state index contributed by atoms with van der Waals surface area (Å²) in [5.41, 5.74) is 3.76. The first-order valence-corrected chi connectivity index (χ1v) is 5.66. The van der Waals surface area contributed by atoms with Gasteiger partial charge in [0.15, 0.2) is 0 Å². The van der Waals surface area contributed by atoms with E-state index in [4.69, 9.17) is 5.73 Å². The average molecular weight is 277 g/mol. The third kappa shape index (κ3) is 4.40. The van der Waals surface area contributed by atoms with Gasteiger partial charge in [-0.1, -0.05) is 0 Å². The number of nitrogens with zero attached hydrogens (tertiary/aromatic N) is 1. The fraction of sp³-hybridized carbons (Fsp3) is 0.455. The zero-order valence-electron chi connectivity index (χ0n) is 10.0. The van der Waals surface area contributed by atoms with Crippen LogP contribution in [0.1, 0.15) is 18.4 Å². The molecule has 0 radical (unpaired) electrons. The molecular weight excluding hydrogens is 263 g/mol. The van der Waals surface area contributed by atoms with Crippen LogP contribution in [0, 0.1) is 10.1 Å². The molecule has 0 aromatic heterocycles. The van der Waals surface area contributed by atoms with E-state index in [1.165, 1.54) is 0 Å². The van der Waals surface area contributed by atoms with Gasteiger partial charge in [0.05, 0.1) is 10.5 Å². The van der Waals surface area contributed by atoms with Gasteiger partial charge in [-0.2, -0.15) is 13.2 Å². The Morgan fingerprint density at radius 3 is 2.53 bits per heavy atom. The Bertz CT molecular complexity index is 449. The van der Waals surface area contributed by atoms with E-state index in [0.717, 1.165) is 18.6 Å². The number of nitrogens with one attached hydrogen (secondary N) is 1. The van der Waals surface area contributed by atoms with Gasteiger partial charge in [0.25, 0.3) is 5.69 Å². The standard InChI is InChI=1S/C11H14F3N3O2/c12-11(13,14)8-3-4-9(10(7-8)17(18)19)16-6-2-1-5-15/h3-4,7,16H,1-2,5-6,15H2. The Morgan fingerprint density at radius 1 is 1.32 bits per heavy atom. The quantitative estimate of drug-likeness (QED) is 0.476. The minimum Gasteiger partial charge on any atom is -0.379 e. The highest BCUT2D eigenvalue weighted by atomic mass is 19.4. The van der Waals surface area contributed by atoms with Crippen LogP contribution in [0.3, 0.4) is 0 Å². The number of unbranched alkanes of at least 4 members (excludes halogenated alkanes) is 1. The first-order chi connectivity index (χ1) is 8.86. The average Bonchev–Trinajstić information content (AvgIpc) is 2.33. The second kappa shape index (κ2) is 6.37. The molecule has 3 N–H and O–H groups in total. The van der Waals surface area contributed by atoms with Crippen molar-refractivity contribution in [1.82, 2.24) is 0 Å². The molecule has 1 rings (SSSR count). The lowest BCUT2D eigenvalue weighted by Gasteiger charge is -2.10. The van der Waals surface area contributed by atoms with Crippen molar-refractivity contribution in [3.05, 3.63) is 33.9 Å². The second-order valence-electron chi connectivity index (χ2n) is 3.91. The lowest BCUT2D eigenvalue weighted by Crippen LogP contribution is -2.09. The van der Waals surface area contributed by atoms with Crippen LogP contribution in [-0.2, 0) is 6.18 Å². The zero-order chi connectivity index (χ0) is 14.5. The van der Waals surface area contributed by atoms with Crippen molar-refractivity contribution in [2.24, 2.45) is 5.73 Å². The first kappa shape index (κ1) is 15.2. The van der Waals surface area contributed by atoms with Gasteiger partial charge in [0, 0.05) is 12.6 Å². The van der Waals surface area contributed by atoms with Crippen LogP contribution >= 0.6 is 0 Å². The number of benzene rings is 1.